The van der Waals surface area contributed by atoms with E-state index in [0.717, 1.165) is 16.9 Å². The van der Waals surface area contributed by atoms with E-state index in [4.69, 9.17) is 14.5 Å². The molecule has 2 aromatic heterocycles. The summed E-state index contributed by atoms with van der Waals surface area (Å²) in [5.41, 5.74) is 2.04. The summed E-state index contributed by atoms with van der Waals surface area (Å²) < 4.78 is 7.51. The lowest BCUT2D eigenvalue weighted by molar-refractivity contribution is 0.0660. The summed E-state index contributed by atoms with van der Waals surface area (Å²) in [5.74, 6) is 1.16. The molecule has 0 saturated heterocycles. The molecule has 5 heteroatoms. The van der Waals surface area contributed by atoms with E-state index in [0.29, 0.717) is 18.2 Å². The maximum atomic E-state index is 10.9. The van der Waals surface area contributed by atoms with E-state index in [9.17, 15) is 4.79 Å². The number of carboxylic acids is 1. The van der Waals surface area contributed by atoms with Gasteiger partial charge in [-0.2, -0.15) is 0 Å². The Morgan fingerprint density at radius 3 is 2.81 bits per heavy atom. The van der Waals surface area contributed by atoms with Gasteiger partial charge in [0.25, 0.3) is 0 Å². The number of carboxylic acid groups (broad SMARTS) is 1. The average Bonchev–Trinajstić information content (AvgIpc) is 3.10. The van der Waals surface area contributed by atoms with Crippen LogP contribution in [0.25, 0.3) is 11.0 Å². The third kappa shape index (κ3) is 2.11. The van der Waals surface area contributed by atoms with Gasteiger partial charge in [-0.1, -0.05) is 12.1 Å². The number of hydrogen-bond acceptors (Lipinski definition) is 3. The van der Waals surface area contributed by atoms with Crippen molar-refractivity contribution >= 4 is 17.0 Å². The molecule has 1 aliphatic carbocycles. The van der Waals surface area contributed by atoms with Gasteiger partial charge in [0.1, 0.15) is 11.6 Å². The Morgan fingerprint density at radius 1 is 1.29 bits per heavy atom. The van der Waals surface area contributed by atoms with Crippen molar-refractivity contribution in [2.45, 2.75) is 25.3 Å². The van der Waals surface area contributed by atoms with Crippen LogP contribution in [-0.4, -0.2) is 20.6 Å². The van der Waals surface area contributed by atoms with Crippen LogP contribution in [0.1, 0.15) is 40.9 Å². The monoisotopic (exact) mass is 282 g/mol. The van der Waals surface area contributed by atoms with E-state index in [1.807, 2.05) is 24.3 Å². The van der Waals surface area contributed by atoms with Crippen molar-refractivity contribution in [3.63, 3.8) is 0 Å². The van der Waals surface area contributed by atoms with Gasteiger partial charge in [0.2, 0.25) is 5.76 Å². The van der Waals surface area contributed by atoms with Gasteiger partial charge >= 0.3 is 5.97 Å². The minimum atomic E-state index is -1.04. The van der Waals surface area contributed by atoms with Crippen LogP contribution in [0.3, 0.4) is 0 Å². The molecular weight excluding hydrogens is 268 g/mol. The highest BCUT2D eigenvalue weighted by atomic mass is 16.4. The topological polar surface area (TPSA) is 68.3 Å². The van der Waals surface area contributed by atoms with Crippen molar-refractivity contribution in [1.29, 1.82) is 0 Å². The Hall–Kier alpha value is -2.56. The first kappa shape index (κ1) is 12.2. The molecule has 1 saturated carbocycles. The normalized spacial score (nSPS) is 14.7. The molecule has 0 bridgehead atoms. The molecule has 1 N–H and O–H groups in total. The number of para-hydroxylation sites is 2. The fraction of sp³-hybridized carbons (Fsp3) is 0.250. The highest BCUT2D eigenvalue weighted by Crippen LogP contribution is 2.40. The summed E-state index contributed by atoms with van der Waals surface area (Å²) in [5, 5.41) is 8.94. The zero-order valence-electron chi connectivity index (χ0n) is 11.3. The van der Waals surface area contributed by atoms with Gasteiger partial charge in [-0.3, -0.25) is 0 Å². The zero-order chi connectivity index (χ0) is 14.4. The third-order valence-corrected chi connectivity index (χ3v) is 3.81. The molecule has 0 atom stereocenters. The first-order valence-corrected chi connectivity index (χ1v) is 6.99. The van der Waals surface area contributed by atoms with Gasteiger partial charge in [0.05, 0.1) is 17.6 Å². The van der Waals surface area contributed by atoms with Gasteiger partial charge in [-0.25, -0.2) is 9.78 Å². The molecule has 0 aliphatic heterocycles. The van der Waals surface area contributed by atoms with E-state index in [1.165, 1.54) is 18.9 Å². The minimum Gasteiger partial charge on any atom is -0.475 e. The molecule has 2 heterocycles. The maximum Gasteiger partial charge on any atom is 0.371 e. The van der Waals surface area contributed by atoms with E-state index < -0.39 is 5.97 Å². The van der Waals surface area contributed by atoms with Crippen molar-refractivity contribution in [2.24, 2.45) is 0 Å². The fourth-order valence-electron chi connectivity index (χ4n) is 2.65. The number of benzene rings is 1. The Morgan fingerprint density at radius 2 is 2.10 bits per heavy atom. The van der Waals surface area contributed by atoms with Crippen molar-refractivity contribution in [3.8, 4) is 0 Å². The third-order valence-electron chi connectivity index (χ3n) is 3.81. The lowest BCUT2D eigenvalue weighted by Gasteiger charge is -2.06. The summed E-state index contributed by atoms with van der Waals surface area (Å²) in [7, 11) is 0. The lowest BCUT2D eigenvalue weighted by Crippen LogP contribution is -2.03. The van der Waals surface area contributed by atoms with Crippen molar-refractivity contribution in [3.05, 3.63) is 53.7 Å². The Bertz CT molecular complexity index is 827. The number of nitrogens with zero attached hydrogens (tertiary/aromatic N) is 2. The first-order chi connectivity index (χ1) is 10.2. The van der Waals surface area contributed by atoms with Crippen molar-refractivity contribution in [2.75, 3.05) is 0 Å². The van der Waals surface area contributed by atoms with E-state index in [2.05, 4.69) is 4.57 Å². The summed E-state index contributed by atoms with van der Waals surface area (Å²) in [4.78, 5) is 15.6. The molecule has 0 spiro atoms. The molecule has 21 heavy (non-hydrogen) atoms. The number of rotatable bonds is 4. The average molecular weight is 282 g/mol. The molecule has 106 valence electrons. The van der Waals surface area contributed by atoms with E-state index in [1.54, 1.807) is 6.07 Å². The summed E-state index contributed by atoms with van der Waals surface area (Å²) in [6, 6.07) is 11.2. The van der Waals surface area contributed by atoms with Gasteiger partial charge in [-0.05, 0) is 37.1 Å². The zero-order valence-corrected chi connectivity index (χ0v) is 11.3. The van der Waals surface area contributed by atoms with Gasteiger partial charge in [-0.15, -0.1) is 0 Å². The second-order valence-electron chi connectivity index (χ2n) is 5.39. The van der Waals surface area contributed by atoms with Crippen LogP contribution in [0.4, 0.5) is 0 Å². The predicted molar refractivity (Wildman–Crippen MR) is 76.5 cm³/mol. The standard InChI is InChI=1S/C16H14N2O3/c19-16(20)14-8-7-11(21-14)9-18-13-4-2-1-3-12(13)17-15(18)10-5-6-10/h1-4,7-8,10H,5-6,9H2,(H,19,20). The number of imidazole rings is 1. The van der Waals surface area contributed by atoms with Gasteiger partial charge in [0.15, 0.2) is 0 Å². The molecule has 1 aliphatic rings. The highest BCUT2D eigenvalue weighted by Gasteiger charge is 2.29. The highest BCUT2D eigenvalue weighted by molar-refractivity contribution is 5.84. The predicted octanol–water partition coefficient (Wildman–Crippen LogP) is 3.25. The Balaban J connectivity index is 1.77. The Kier molecular flexibility index (Phi) is 2.60. The van der Waals surface area contributed by atoms with Crippen LogP contribution in [0.15, 0.2) is 40.8 Å². The molecule has 1 fully saturated rings. The maximum absolute atomic E-state index is 10.9. The second kappa shape index (κ2) is 4.48. The largest absolute Gasteiger partial charge is 0.475 e. The summed E-state index contributed by atoms with van der Waals surface area (Å²) >= 11 is 0. The quantitative estimate of drug-likeness (QED) is 0.797. The SMILES string of the molecule is O=C(O)c1ccc(Cn2c(C3CC3)nc3ccccc32)o1. The number of aromatic carboxylic acids is 1. The summed E-state index contributed by atoms with van der Waals surface area (Å²) in [6.45, 7) is 0.514. The molecule has 3 aromatic rings. The number of furan rings is 1. The van der Waals surface area contributed by atoms with E-state index >= 15 is 0 Å². The van der Waals surface area contributed by atoms with Gasteiger partial charge in [0, 0.05) is 5.92 Å². The molecule has 5 nitrogen and oxygen atoms in total. The van der Waals surface area contributed by atoms with Crippen LogP contribution in [0.2, 0.25) is 0 Å². The molecule has 0 unspecified atom stereocenters. The van der Waals surface area contributed by atoms with Crippen molar-refractivity contribution in [1.82, 2.24) is 9.55 Å². The van der Waals surface area contributed by atoms with Crippen LogP contribution < -0.4 is 0 Å². The fourth-order valence-corrected chi connectivity index (χ4v) is 2.65. The molecular formula is C16H14N2O3. The lowest BCUT2D eigenvalue weighted by atomic mass is 10.3. The van der Waals surface area contributed by atoms with Crippen LogP contribution >= 0.6 is 0 Å². The number of aromatic nitrogens is 2. The molecule has 0 radical (unpaired) electrons. The van der Waals surface area contributed by atoms with Gasteiger partial charge < -0.3 is 14.1 Å². The first-order valence-electron chi connectivity index (χ1n) is 6.99. The summed E-state index contributed by atoms with van der Waals surface area (Å²) in [6.07, 6.45) is 2.34. The number of carbonyl (C=O) groups is 1. The Labute approximate surface area is 120 Å². The van der Waals surface area contributed by atoms with Crippen LogP contribution in [-0.2, 0) is 6.54 Å². The minimum absolute atomic E-state index is 0.0256. The number of hydrogen-bond donors (Lipinski definition) is 1. The molecule has 4 rings (SSSR count). The molecule has 1 aromatic carbocycles. The van der Waals surface area contributed by atoms with Crippen molar-refractivity contribution < 1.29 is 14.3 Å². The molecule has 0 amide bonds. The smallest absolute Gasteiger partial charge is 0.371 e. The van der Waals surface area contributed by atoms with Crippen LogP contribution in [0.5, 0.6) is 0 Å². The second-order valence-corrected chi connectivity index (χ2v) is 5.39. The van der Waals surface area contributed by atoms with E-state index in [-0.39, 0.29) is 5.76 Å². The van der Waals surface area contributed by atoms with Crippen LogP contribution in [0, 0.1) is 0 Å². The number of fused-ring (bicyclic) bond motifs is 1.